The smallest absolute Gasteiger partial charge is 0.184 e. The average molecular weight is 489 g/mol. The first kappa shape index (κ1) is 21.3. The van der Waals surface area contributed by atoms with Crippen molar-refractivity contribution >= 4 is 39.2 Å². The second kappa shape index (κ2) is 8.20. The number of halogens is 2. The number of H-pyrrole nitrogens is 2. The fourth-order valence-electron chi connectivity index (χ4n) is 4.02. The van der Waals surface area contributed by atoms with E-state index in [1.54, 1.807) is 30.7 Å². The van der Waals surface area contributed by atoms with Crippen LogP contribution in [0, 0.1) is 10.9 Å². The van der Waals surface area contributed by atoms with Gasteiger partial charge >= 0.3 is 0 Å². The van der Waals surface area contributed by atoms with Gasteiger partial charge in [-0.1, -0.05) is 0 Å². The van der Waals surface area contributed by atoms with Gasteiger partial charge in [0.05, 0.1) is 16.6 Å². The summed E-state index contributed by atoms with van der Waals surface area (Å²) in [7, 11) is 0. The first-order valence-electron chi connectivity index (χ1n) is 10.8. The Balaban J connectivity index is 1.49. The first-order valence-corrected chi connectivity index (χ1v) is 11.6. The maximum Gasteiger partial charge on any atom is 0.184 e. The number of hydrogen-bond acceptors (Lipinski definition) is 7. The summed E-state index contributed by atoms with van der Waals surface area (Å²) in [6, 6.07) is 6.93. The zero-order valence-corrected chi connectivity index (χ0v) is 19.4. The molecule has 0 saturated carbocycles. The first-order chi connectivity index (χ1) is 17.0. The van der Waals surface area contributed by atoms with Crippen LogP contribution in [0.5, 0.6) is 0 Å². The van der Waals surface area contributed by atoms with Crippen molar-refractivity contribution in [1.82, 2.24) is 35.1 Å². The highest BCUT2D eigenvalue weighted by molar-refractivity contribution is 7.14. The number of fused-ring (bicyclic) bond motifs is 2. The lowest BCUT2D eigenvalue weighted by Gasteiger charge is -2.11. The average Bonchev–Trinajstić information content (AvgIpc) is 3.56. The molecule has 3 N–H and O–H groups in total. The third-order valence-electron chi connectivity index (χ3n) is 5.49. The van der Waals surface area contributed by atoms with Gasteiger partial charge in [-0.3, -0.25) is 10.1 Å². The van der Waals surface area contributed by atoms with E-state index in [4.69, 9.17) is 0 Å². The molecule has 6 aromatic rings. The molecule has 11 heteroatoms. The summed E-state index contributed by atoms with van der Waals surface area (Å²) >= 11 is 1.03. The molecule has 8 nitrogen and oxygen atoms in total. The number of pyridine rings is 3. The lowest BCUT2D eigenvalue weighted by molar-refractivity contribution is 0.642. The van der Waals surface area contributed by atoms with Gasteiger partial charge in [-0.05, 0) is 38.1 Å². The SMILES string of the molecule is CC(C)Nc1cncc(-c2cnc3n[nH]c(-c4nc5nccc(-c6ccc(F)s6)c5[nH]4)c3c2F)c1. The van der Waals surface area contributed by atoms with Crippen LogP contribution in [0.25, 0.3) is 55.3 Å². The molecule has 0 aromatic carbocycles. The van der Waals surface area contributed by atoms with E-state index < -0.39 is 5.82 Å². The van der Waals surface area contributed by atoms with E-state index in [-0.39, 0.29) is 22.2 Å². The Morgan fingerprint density at radius 2 is 1.89 bits per heavy atom. The van der Waals surface area contributed by atoms with Crippen molar-refractivity contribution in [3.63, 3.8) is 0 Å². The molecule has 0 radical (unpaired) electrons. The van der Waals surface area contributed by atoms with Crippen LogP contribution in [0.1, 0.15) is 13.8 Å². The number of thiophene rings is 1. The van der Waals surface area contributed by atoms with E-state index in [2.05, 4.69) is 40.4 Å². The van der Waals surface area contributed by atoms with Crippen molar-refractivity contribution in [3.05, 3.63) is 60.0 Å². The molecular weight excluding hydrogens is 470 g/mol. The molecule has 35 heavy (non-hydrogen) atoms. The number of aromatic nitrogens is 7. The monoisotopic (exact) mass is 488 g/mol. The molecule has 0 bridgehead atoms. The number of anilines is 1. The van der Waals surface area contributed by atoms with Gasteiger partial charge in [0.25, 0.3) is 0 Å². The molecule has 6 aromatic heterocycles. The Labute approximate surface area is 201 Å². The fraction of sp³-hybridized carbons (Fsp3) is 0.125. The van der Waals surface area contributed by atoms with Gasteiger partial charge in [-0.25, -0.2) is 19.3 Å². The molecule has 6 rings (SSSR count). The van der Waals surface area contributed by atoms with E-state index >= 15 is 4.39 Å². The second-order valence-corrected chi connectivity index (χ2v) is 9.32. The largest absolute Gasteiger partial charge is 0.382 e. The van der Waals surface area contributed by atoms with Crippen molar-refractivity contribution in [1.29, 1.82) is 0 Å². The fourth-order valence-corrected chi connectivity index (χ4v) is 4.78. The van der Waals surface area contributed by atoms with Crippen molar-refractivity contribution in [2.75, 3.05) is 5.32 Å². The highest BCUT2D eigenvalue weighted by Gasteiger charge is 2.21. The van der Waals surface area contributed by atoms with Gasteiger partial charge in [0.2, 0.25) is 0 Å². The summed E-state index contributed by atoms with van der Waals surface area (Å²) in [6.07, 6.45) is 6.34. The second-order valence-electron chi connectivity index (χ2n) is 8.29. The van der Waals surface area contributed by atoms with Crippen molar-refractivity contribution in [2.24, 2.45) is 0 Å². The molecule has 0 unspecified atom stereocenters. The molecule has 0 spiro atoms. The number of hydrogen-bond donors (Lipinski definition) is 3. The molecule has 0 aliphatic heterocycles. The molecule has 0 atom stereocenters. The van der Waals surface area contributed by atoms with Gasteiger partial charge in [-0.15, -0.1) is 11.3 Å². The summed E-state index contributed by atoms with van der Waals surface area (Å²) < 4.78 is 29.5. The molecule has 174 valence electrons. The van der Waals surface area contributed by atoms with Crippen molar-refractivity contribution in [3.8, 4) is 33.1 Å². The molecule has 0 saturated heterocycles. The highest BCUT2D eigenvalue weighted by Crippen LogP contribution is 2.35. The number of rotatable bonds is 5. The number of imidazole rings is 1. The Kier molecular flexibility index (Phi) is 4.99. The van der Waals surface area contributed by atoms with Gasteiger partial charge in [0.1, 0.15) is 11.5 Å². The molecule has 0 amide bonds. The van der Waals surface area contributed by atoms with Gasteiger partial charge < -0.3 is 10.3 Å². The summed E-state index contributed by atoms with van der Waals surface area (Å²) in [4.78, 5) is 21.4. The van der Waals surface area contributed by atoms with Gasteiger partial charge in [0, 0.05) is 52.4 Å². The summed E-state index contributed by atoms with van der Waals surface area (Å²) in [5.74, 6) is -0.137. The Morgan fingerprint density at radius 1 is 1.00 bits per heavy atom. The zero-order valence-electron chi connectivity index (χ0n) is 18.6. The summed E-state index contributed by atoms with van der Waals surface area (Å²) in [6.45, 7) is 4.03. The predicted molar refractivity (Wildman–Crippen MR) is 132 cm³/mol. The summed E-state index contributed by atoms with van der Waals surface area (Å²) in [5, 5.41) is 10.2. The van der Waals surface area contributed by atoms with Crippen LogP contribution in [-0.2, 0) is 0 Å². The number of nitrogens with zero attached hydrogens (tertiary/aromatic N) is 5. The van der Waals surface area contributed by atoms with Crippen LogP contribution in [0.15, 0.2) is 49.1 Å². The van der Waals surface area contributed by atoms with E-state index in [1.165, 1.54) is 12.3 Å². The standard InChI is InChI=1S/C24H18F2N8S/c1-11(2)30-13-7-12(8-27-9-13)15-10-29-22-18(19(15)26)21(33-34-22)24-31-20-14(5-6-28-23(20)32-24)16-3-4-17(25)35-16/h3-11,30H,1-2H3,(H,28,31,32)(H,29,33,34). The van der Waals surface area contributed by atoms with E-state index in [9.17, 15) is 4.39 Å². The highest BCUT2D eigenvalue weighted by atomic mass is 32.1. The lowest BCUT2D eigenvalue weighted by atomic mass is 10.1. The molecular formula is C24H18F2N8S. The van der Waals surface area contributed by atoms with Gasteiger partial charge in [0.15, 0.2) is 22.2 Å². The van der Waals surface area contributed by atoms with Crippen molar-refractivity contribution in [2.45, 2.75) is 19.9 Å². The van der Waals surface area contributed by atoms with Crippen LogP contribution in [0.3, 0.4) is 0 Å². The van der Waals surface area contributed by atoms with Gasteiger partial charge in [-0.2, -0.15) is 9.49 Å². The molecule has 6 heterocycles. The van der Waals surface area contributed by atoms with Crippen molar-refractivity contribution < 1.29 is 8.78 Å². The predicted octanol–water partition coefficient (Wildman–Crippen LogP) is 5.79. The maximum absolute atomic E-state index is 15.9. The van der Waals surface area contributed by atoms with E-state index in [1.807, 2.05) is 19.9 Å². The van der Waals surface area contributed by atoms with Crippen LogP contribution in [0.2, 0.25) is 0 Å². The number of nitrogens with one attached hydrogen (secondary N) is 3. The van der Waals surface area contributed by atoms with E-state index in [0.29, 0.717) is 33.8 Å². The molecule has 0 aliphatic rings. The van der Waals surface area contributed by atoms with Crippen LogP contribution in [-0.4, -0.2) is 41.2 Å². The lowest BCUT2D eigenvalue weighted by Crippen LogP contribution is -2.09. The minimum atomic E-state index is -0.490. The Morgan fingerprint density at radius 3 is 2.69 bits per heavy atom. The third kappa shape index (κ3) is 3.69. The number of aromatic amines is 2. The Hall–Kier alpha value is -4.25. The minimum absolute atomic E-state index is 0.201. The van der Waals surface area contributed by atoms with Crippen LogP contribution < -0.4 is 5.32 Å². The topological polar surface area (TPSA) is 108 Å². The maximum atomic E-state index is 15.9. The normalized spacial score (nSPS) is 11.7. The van der Waals surface area contributed by atoms with Crippen LogP contribution in [0.4, 0.5) is 14.5 Å². The van der Waals surface area contributed by atoms with E-state index in [0.717, 1.165) is 27.5 Å². The van der Waals surface area contributed by atoms with Crippen LogP contribution >= 0.6 is 11.3 Å². The molecule has 0 aliphatic carbocycles. The minimum Gasteiger partial charge on any atom is -0.382 e. The zero-order chi connectivity index (χ0) is 24.1. The third-order valence-corrected chi connectivity index (χ3v) is 6.40. The quantitative estimate of drug-likeness (QED) is 0.284. The molecule has 0 fully saturated rings. The Bertz CT molecular complexity index is 1700. The summed E-state index contributed by atoms with van der Waals surface area (Å²) in [5.41, 5.74) is 4.03.